The van der Waals surface area contributed by atoms with Gasteiger partial charge in [0.2, 0.25) is 0 Å². The Hall–Kier alpha value is -2.93. The summed E-state index contributed by atoms with van der Waals surface area (Å²) in [5.41, 5.74) is 5.78. The Bertz CT molecular complexity index is 587. The van der Waals surface area contributed by atoms with Crippen LogP contribution in [0.4, 0.5) is 9.59 Å². The van der Waals surface area contributed by atoms with Crippen LogP contribution in [0.1, 0.15) is 67.9 Å². The van der Waals surface area contributed by atoms with Gasteiger partial charge < -0.3 is 44.6 Å². The van der Waals surface area contributed by atoms with Gasteiger partial charge >= 0.3 is 18.2 Å². The van der Waals surface area contributed by atoms with Crippen LogP contribution in [0.2, 0.25) is 0 Å². The maximum absolute atomic E-state index is 10.1. The van der Waals surface area contributed by atoms with Crippen LogP contribution < -0.4 is 11.1 Å². The number of amides is 2. The van der Waals surface area contributed by atoms with Crippen molar-refractivity contribution in [3.8, 4) is 0 Å². The maximum Gasteiger partial charge on any atom is 0.406 e. The predicted molar refractivity (Wildman–Crippen MR) is 164 cm³/mol. The largest absolute Gasteiger partial charge is 0.466 e. The average molecular weight is 597 g/mol. The highest BCUT2D eigenvalue weighted by Crippen LogP contribution is 1.99. The average Bonchev–Trinajstić information content (AvgIpc) is 2.95. The quantitative estimate of drug-likeness (QED) is 0.262. The molecule has 1 aromatic rings. The SMILES string of the molecule is CCO.CCOC.CCOC(=O)NC.CCOC(C)=O.CCOC(N)=O.CCOCC.CCOCc1ccccc1. The number of nitrogens with two attached hydrogens (primary N) is 1. The van der Waals surface area contributed by atoms with Gasteiger partial charge in [0, 0.05) is 54.1 Å². The zero-order valence-corrected chi connectivity index (χ0v) is 27.4. The van der Waals surface area contributed by atoms with Crippen molar-refractivity contribution < 1.29 is 47.9 Å². The van der Waals surface area contributed by atoms with Crippen LogP contribution in [0.3, 0.4) is 0 Å². The predicted octanol–water partition coefficient (Wildman–Crippen LogP) is 4.95. The van der Waals surface area contributed by atoms with Crippen molar-refractivity contribution in [2.45, 2.75) is 68.9 Å². The molecule has 0 unspecified atom stereocenters. The molecule has 246 valence electrons. The van der Waals surface area contributed by atoms with Crippen molar-refractivity contribution >= 4 is 18.2 Å². The number of rotatable bonds is 9. The number of ether oxygens (including phenoxy) is 6. The molecule has 0 aliphatic rings. The van der Waals surface area contributed by atoms with Gasteiger partial charge in [-0.1, -0.05) is 30.3 Å². The molecule has 0 aliphatic heterocycles. The summed E-state index contributed by atoms with van der Waals surface area (Å²) < 4.78 is 27.6. The number of nitrogens with one attached hydrogen (secondary N) is 1. The number of methoxy groups -OCH3 is 1. The van der Waals surface area contributed by atoms with Crippen molar-refractivity contribution in [1.29, 1.82) is 0 Å². The Morgan fingerprint density at radius 3 is 1.32 bits per heavy atom. The van der Waals surface area contributed by atoms with Gasteiger partial charge in [0.05, 0.1) is 26.4 Å². The number of alkyl carbamates (subject to hydrolysis) is 1. The number of benzene rings is 1. The Labute approximate surface area is 249 Å². The smallest absolute Gasteiger partial charge is 0.406 e. The van der Waals surface area contributed by atoms with Gasteiger partial charge in [-0.15, -0.1) is 0 Å². The lowest BCUT2D eigenvalue weighted by Crippen LogP contribution is -2.18. The van der Waals surface area contributed by atoms with Gasteiger partial charge in [-0.3, -0.25) is 4.79 Å². The molecule has 41 heavy (non-hydrogen) atoms. The molecular weight excluding hydrogens is 536 g/mol. The van der Waals surface area contributed by atoms with Crippen LogP contribution in [-0.2, 0) is 39.8 Å². The van der Waals surface area contributed by atoms with E-state index in [1.54, 1.807) is 34.8 Å². The molecule has 0 heterocycles. The minimum Gasteiger partial charge on any atom is -0.466 e. The van der Waals surface area contributed by atoms with Crippen LogP contribution in [0.25, 0.3) is 0 Å². The van der Waals surface area contributed by atoms with Crippen LogP contribution in [0, 0.1) is 0 Å². The fraction of sp³-hybridized carbons (Fsp3) is 0.690. The van der Waals surface area contributed by atoms with Crippen molar-refractivity contribution in [2.75, 3.05) is 67.0 Å². The summed E-state index contributed by atoms with van der Waals surface area (Å²) in [4.78, 5) is 29.5. The van der Waals surface area contributed by atoms with Crippen LogP contribution >= 0.6 is 0 Å². The molecule has 0 saturated carbocycles. The Kier molecular flexibility index (Phi) is 66.2. The first-order valence-electron chi connectivity index (χ1n) is 13.7. The van der Waals surface area contributed by atoms with E-state index in [0.717, 1.165) is 33.0 Å². The van der Waals surface area contributed by atoms with E-state index in [9.17, 15) is 14.4 Å². The molecule has 12 nitrogen and oxygen atoms in total. The lowest BCUT2D eigenvalue weighted by atomic mass is 10.2. The molecule has 0 atom stereocenters. The molecule has 0 aliphatic carbocycles. The first-order valence-corrected chi connectivity index (χ1v) is 13.7. The first kappa shape index (κ1) is 50.9. The highest BCUT2D eigenvalue weighted by atomic mass is 16.6. The summed E-state index contributed by atoms with van der Waals surface area (Å²) in [5.74, 6) is -0.211. The van der Waals surface area contributed by atoms with E-state index < -0.39 is 6.09 Å². The van der Waals surface area contributed by atoms with E-state index in [-0.39, 0.29) is 18.7 Å². The first-order chi connectivity index (χ1) is 19.5. The maximum atomic E-state index is 10.1. The third-order valence-electron chi connectivity index (χ3n) is 3.13. The van der Waals surface area contributed by atoms with Gasteiger partial charge in [0.1, 0.15) is 0 Å². The third kappa shape index (κ3) is 85.7. The Morgan fingerprint density at radius 2 is 1.15 bits per heavy atom. The fourth-order valence-corrected chi connectivity index (χ4v) is 1.55. The van der Waals surface area contributed by atoms with E-state index in [0.29, 0.717) is 19.8 Å². The Morgan fingerprint density at radius 1 is 0.732 bits per heavy atom. The zero-order chi connectivity index (χ0) is 33.2. The molecule has 2 amide bonds. The van der Waals surface area contributed by atoms with Crippen LogP contribution in [0.15, 0.2) is 30.3 Å². The fourth-order valence-electron chi connectivity index (χ4n) is 1.55. The van der Waals surface area contributed by atoms with Crippen molar-refractivity contribution in [3.63, 3.8) is 0 Å². The second kappa shape index (κ2) is 53.3. The number of hydrogen-bond donors (Lipinski definition) is 3. The van der Waals surface area contributed by atoms with E-state index >= 15 is 0 Å². The van der Waals surface area contributed by atoms with Crippen molar-refractivity contribution in [2.24, 2.45) is 5.73 Å². The molecule has 0 spiro atoms. The molecular formula is C29H60N2O10. The number of carbonyl (C=O) groups is 3. The van der Waals surface area contributed by atoms with E-state index in [2.05, 4.69) is 42.1 Å². The molecule has 1 aromatic carbocycles. The summed E-state index contributed by atoms with van der Waals surface area (Å²) in [5, 5.41) is 9.87. The summed E-state index contributed by atoms with van der Waals surface area (Å²) in [6.07, 6.45) is -1.08. The van der Waals surface area contributed by atoms with Gasteiger partial charge in [-0.2, -0.15) is 0 Å². The highest BCUT2D eigenvalue weighted by Gasteiger charge is 1.89. The molecule has 0 aromatic heterocycles. The number of aliphatic hydroxyl groups excluding tert-OH is 1. The number of aliphatic hydroxyl groups is 1. The number of hydrogen-bond acceptors (Lipinski definition) is 10. The van der Waals surface area contributed by atoms with Gasteiger partial charge in [-0.05, 0) is 61.0 Å². The lowest BCUT2D eigenvalue weighted by molar-refractivity contribution is -0.140. The van der Waals surface area contributed by atoms with Gasteiger partial charge in [0.15, 0.2) is 0 Å². The van der Waals surface area contributed by atoms with Crippen LogP contribution in [-0.4, -0.2) is 90.3 Å². The molecule has 0 bridgehead atoms. The standard InChI is InChI=1S/C9H12O.C4H9NO2.C4H8O2.C4H10O.C3H7NO2.C3H8O.C2H6O/c1-2-10-8-9-6-4-3-5-7-9;1-3-7-4(6)5-2;1-3-6-4(2)5;1-3-5-4-2;1-2-6-3(4)5;1-3-4-2;1-2-3/h3-7H,2,8H2,1H3;3H2,1-2H3,(H,5,6);3H2,1-2H3;3-4H2,1-2H3;2H2,1H3,(H2,4,5);3H2,1-2H3;3H,2H2,1H3. The molecule has 0 fully saturated rings. The molecule has 12 heteroatoms. The molecule has 0 radical (unpaired) electrons. The minimum absolute atomic E-state index is 0.211. The number of primary amides is 1. The lowest BCUT2D eigenvalue weighted by Gasteiger charge is -1.98. The highest BCUT2D eigenvalue weighted by molar-refractivity contribution is 5.66. The molecule has 4 N–H and O–H groups in total. The second-order valence-corrected chi connectivity index (χ2v) is 6.44. The van der Waals surface area contributed by atoms with E-state index in [4.69, 9.17) is 14.6 Å². The number of esters is 1. The Balaban J connectivity index is -0.0000000901. The third-order valence-corrected chi connectivity index (χ3v) is 3.13. The van der Waals surface area contributed by atoms with E-state index in [1.165, 1.54) is 19.5 Å². The van der Waals surface area contributed by atoms with Crippen molar-refractivity contribution in [1.82, 2.24) is 5.32 Å². The zero-order valence-electron chi connectivity index (χ0n) is 27.4. The van der Waals surface area contributed by atoms with Gasteiger partial charge in [-0.25, -0.2) is 9.59 Å². The monoisotopic (exact) mass is 596 g/mol. The molecule has 1 rings (SSSR count). The second-order valence-electron chi connectivity index (χ2n) is 6.44. The number of carbonyl (C=O) groups excluding carboxylic acids is 3. The summed E-state index contributed by atoms with van der Waals surface area (Å²) >= 11 is 0. The van der Waals surface area contributed by atoms with E-state index in [1.807, 2.05) is 45.9 Å². The van der Waals surface area contributed by atoms with Crippen LogP contribution in [0.5, 0.6) is 0 Å². The summed E-state index contributed by atoms with van der Waals surface area (Å²) in [6, 6.07) is 10.2. The normalized spacial score (nSPS) is 8.10. The topological polar surface area (TPSA) is 165 Å². The summed E-state index contributed by atoms with van der Waals surface area (Å²) in [6.45, 7) is 21.8. The van der Waals surface area contributed by atoms with Gasteiger partial charge in [0.25, 0.3) is 0 Å². The summed E-state index contributed by atoms with van der Waals surface area (Å²) in [7, 11) is 3.21. The van der Waals surface area contributed by atoms with Crippen molar-refractivity contribution in [3.05, 3.63) is 35.9 Å². The minimum atomic E-state index is -0.711. The molecule has 0 saturated heterocycles.